The first-order chi connectivity index (χ1) is 31.2. The van der Waals surface area contributed by atoms with Gasteiger partial charge in [-0.05, 0) is 137 Å². The van der Waals surface area contributed by atoms with E-state index in [0.717, 1.165) is 50.1 Å². The van der Waals surface area contributed by atoms with Crippen LogP contribution in [-0.4, -0.2) is 0 Å². The van der Waals surface area contributed by atoms with Crippen LogP contribution >= 0.6 is 0 Å². The molecule has 10 aromatic rings. The highest BCUT2D eigenvalue weighted by molar-refractivity contribution is 6.06. The van der Waals surface area contributed by atoms with E-state index < -0.39 is 0 Å². The van der Waals surface area contributed by atoms with Gasteiger partial charge in [0.25, 0.3) is 0 Å². The van der Waals surface area contributed by atoms with E-state index in [-0.39, 0.29) is 16.2 Å². The molecule has 0 atom stereocenters. The molecule has 1 heterocycles. The van der Waals surface area contributed by atoms with Gasteiger partial charge >= 0.3 is 0 Å². The first-order valence-electron chi connectivity index (χ1n) is 23.1. The first-order valence-corrected chi connectivity index (χ1v) is 23.1. The molecule has 318 valence electrons. The minimum atomic E-state index is -0.174. The Balaban J connectivity index is 1.11. The topological polar surface area (TPSA) is 16.4 Å². The fraction of sp³-hybridized carbons (Fsp3) is 0.175. The standard InChI is InChI=1S/C63H55NO/c1-61(2,3)46-38-54(62(4,5)6)60-55(39-46)63(7,8)53-24-16-23-51(59(53)60)49-21-11-13-25-56(49)64(48-20-15-19-43(36-48)44-28-27-40-17-9-10-18-42(40)35-44)47-32-29-41(30-33-47)45-31-34-58-52(37-45)50-22-12-14-26-57(50)65-58/h9-39H,1-8H3. The molecule has 0 unspecified atom stereocenters. The largest absolute Gasteiger partial charge is 0.456 e. The van der Waals surface area contributed by atoms with Crippen LogP contribution in [0.4, 0.5) is 17.1 Å². The fourth-order valence-corrected chi connectivity index (χ4v) is 10.4. The molecular weight excluding hydrogens is 787 g/mol. The van der Waals surface area contributed by atoms with Gasteiger partial charge < -0.3 is 9.32 Å². The zero-order valence-corrected chi connectivity index (χ0v) is 38.8. The van der Waals surface area contributed by atoms with Crippen LogP contribution in [0, 0.1) is 0 Å². The van der Waals surface area contributed by atoms with Crippen molar-refractivity contribution in [1.29, 1.82) is 0 Å². The Hall–Kier alpha value is -7.16. The van der Waals surface area contributed by atoms with Gasteiger partial charge in [-0.15, -0.1) is 0 Å². The minimum Gasteiger partial charge on any atom is -0.456 e. The number of rotatable bonds is 6. The van der Waals surface area contributed by atoms with E-state index in [1.807, 2.05) is 12.1 Å². The van der Waals surface area contributed by atoms with Crippen LogP contribution in [0.15, 0.2) is 192 Å². The number of anilines is 3. The number of hydrogen-bond acceptors (Lipinski definition) is 2. The van der Waals surface area contributed by atoms with Crippen molar-refractivity contribution in [2.24, 2.45) is 0 Å². The van der Waals surface area contributed by atoms with Crippen LogP contribution in [0.2, 0.25) is 0 Å². The zero-order valence-electron chi connectivity index (χ0n) is 38.8. The van der Waals surface area contributed by atoms with Gasteiger partial charge in [0.15, 0.2) is 0 Å². The third-order valence-electron chi connectivity index (χ3n) is 13.9. The summed E-state index contributed by atoms with van der Waals surface area (Å²) in [4.78, 5) is 2.46. The smallest absolute Gasteiger partial charge is 0.135 e. The second-order valence-electron chi connectivity index (χ2n) is 20.6. The lowest BCUT2D eigenvalue weighted by atomic mass is 9.74. The number of para-hydroxylation sites is 2. The molecule has 2 nitrogen and oxygen atoms in total. The van der Waals surface area contributed by atoms with Gasteiger partial charge in [-0.2, -0.15) is 0 Å². The molecule has 0 bridgehead atoms. The number of nitrogens with zero attached hydrogens (tertiary/aromatic N) is 1. The van der Waals surface area contributed by atoms with Gasteiger partial charge in [-0.25, -0.2) is 0 Å². The molecule has 0 saturated heterocycles. The molecule has 65 heavy (non-hydrogen) atoms. The summed E-state index contributed by atoms with van der Waals surface area (Å²) in [6, 6.07) is 69.4. The molecule has 0 amide bonds. The maximum Gasteiger partial charge on any atom is 0.135 e. The quantitative estimate of drug-likeness (QED) is 0.166. The van der Waals surface area contributed by atoms with E-state index in [2.05, 4.69) is 236 Å². The van der Waals surface area contributed by atoms with Crippen molar-refractivity contribution in [3.63, 3.8) is 0 Å². The van der Waals surface area contributed by atoms with Crippen molar-refractivity contribution in [1.82, 2.24) is 0 Å². The van der Waals surface area contributed by atoms with Gasteiger partial charge in [0.2, 0.25) is 0 Å². The van der Waals surface area contributed by atoms with Gasteiger partial charge in [-0.3, -0.25) is 0 Å². The predicted molar refractivity (Wildman–Crippen MR) is 277 cm³/mol. The maximum absolute atomic E-state index is 6.20. The van der Waals surface area contributed by atoms with Crippen LogP contribution in [-0.2, 0) is 16.2 Å². The number of benzene rings is 9. The predicted octanol–water partition coefficient (Wildman–Crippen LogP) is 18.1. The highest BCUT2D eigenvalue weighted by Crippen LogP contribution is 2.57. The highest BCUT2D eigenvalue weighted by Gasteiger charge is 2.41. The van der Waals surface area contributed by atoms with Crippen molar-refractivity contribution in [3.8, 4) is 44.5 Å². The summed E-state index contributed by atoms with van der Waals surface area (Å²) in [5.41, 5.74) is 20.4. The van der Waals surface area contributed by atoms with E-state index in [4.69, 9.17) is 4.42 Å². The Morgan fingerprint density at radius 3 is 1.86 bits per heavy atom. The van der Waals surface area contributed by atoms with Crippen LogP contribution in [0.3, 0.4) is 0 Å². The molecule has 0 spiro atoms. The van der Waals surface area contributed by atoms with Crippen molar-refractivity contribution < 1.29 is 4.42 Å². The molecule has 9 aromatic carbocycles. The number of hydrogen-bond donors (Lipinski definition) is 0. The molecule has 0 saturated carbocycles. The lowest BCUT2D eigenvalue weighted by molar-refractivity contribution is 0.564. The van der Waals surface area contributed by atoms with Crippen LogP contribution in [0.25, 0.3) is 77.2 Å². The second kappa shape index (κ2) is 15.0. The van der Waals surface area contributed by atoms with Crippen molar-refractivity contribution >= 4 is 49.8 Å². The first kappa shape index (κ1) is 40.6. The van der Waals surface area contributed by atoms with Crippen LogP contribution in [0.5, 0.6) is 0 Å². The van der Waals surface area contributed by atoms with Crippen LogP contribution in [0.1, 0.15) is 77.6 Å². The molecule has 1 aliphatic rings. The Kier molecular flexibility index (Phi) is 9.35. The zero-order chi connectivity index (χ0) is 44.8. The molecule has 0 radical (unpaired) electrons. The summed E-state index contributed by atoms with van der Waals surface area (Å²) in [6.07, 6.45) is 0. The SMILES string of the molecule is CC(C)(C)c1cc(C(C)(C)C)c2c(c1)C(C)(C)c1cccc(-c3ccccc3N(c3ccc(-c4ccc5oc6ccccc6c5c4)cc3)c3cccc(-c4ccc5ccccc5c4)c3)c1-2. The molecular formula is C63H55NO. The van der Waals surface area contributed by atoms with E-state index in [9.17, 15) is 0 Å². The number of furan rings is 1. The third kappa shape index (κ3) is 6.86. The Morgan fingerprint density at radius 2 is 1.06 bits per heavy atom. The van der Waals surface area contributed by atoms with Crippen molar-refractivity contribution in [3.05, 3.63) is 210 Å². The van der Waals surface area contributed by atoms with Gasteiger partial charge in [0.1, 0.15) is 11.2 Å². The average molecular weight is 842 g/mol. The lowest BCUT2D eigenvalue weighted by Gasteiger charge is -2.31. The third-order valence-corrected chi connectivity index (χ3v) is 13.9. The summed E-state index contributed by atoms with van der Waals surface area (Å²) in [5, 5.41) is 4.75. The Bertz CT molecular complexity index is 3480. The van der Waals surface area contributed by atoms with E-state index in [1.165, 1.54) is 66.4 Å². The summed E-state index contributed by atoms with van der Waals surface area (Å²) >= 11 is 0. The van der Waals surface area contributed by atoms with Crippen molar-refractivity contribution in [2.45, 2.75) is 71.6 Å². The molecule has 0 aliphatic heterocycles. The maximum atomic E-state index is 6.20. The Morgan fingerprint density at radius 1 is 0.415 bits per heavy atom. The summed E-state index contributed by atoms with van der Waals surface area (Å²) in [7, 11) is 0. The molecule has 1 aromatic heterocycles. The molecule has 0 N–H and O–H groups in total. The fourth-order valence-electron chi connectivity index (χ4n) is 10.4. The van der Waals surface area contributed by atoms with Crippen LogP contribution < -0.4 is 4.90 Å². The molecule has 0 fully saturated rings. The summed E-state index contributed by atoms with van der Waals surface area (Å²) in [6.45, 7) is 19.0. The van der Waals surface area contributed by atoms with Gasteiger partial charge in [-0.1, -0.05) is 189 Å². The van der Waals surface area contributed by atoms with Crippen molar-refractivity contribution in [2.75, 3.05) is 4.90 Å². The van der Waals surface area contributed by atoms with Gasteiger partial charge in [0.05, 0.1) is 5.69 Å². The normalized spacial score (nSPS) is 13.4. The summed E-state index contributed by atoms with van der Waals surface area (Å²) < 4.78 is 6.20. The lowest BCUT2D eigenvalue weighted by Crippen LogP contribution is -2.21. The average Bonchev–Trinajstić information content (AvgIpc) is 3.80. The molecule has 2 heteroatoms. The molecule has 1 aliphatic carbocycles. The minimum absolute atomic E-state index is 0.0210. The monoisotopic (exact) mass is 841 g/mol. The highest BCUT2D eigenvalue weighted by atomic mass is 16.3. The van der Waals surface area contributed by atoms with E-state index in [1.54, 1.807) is 0 Å². The number of fused-ring (bicyclic) bond motifs is 7. The van der Waals surface area contributed by atoms with E-state index in [0.29, 0.717) is 0 Å². The van der Waals surface area contributed by atoms with E-state index >= 15 is 0 Å². The second-order valence-corrected chi connectivity index (χ2v) is 20.6. The van der Waals surface area contributed by atoms with Gasteiger partial charge in [0, 0.05) is 33.1 Å². The summed E-state index contributed by atoms with van der Waals surface area (Å²) in [5.74, 6) is 0. The Labute approximate surface area is 383 Å². The molecule has 11 rings (SSSR count).